The number of ketones is 1. The van der Waals surface area contributed by atoms with Crippen LogP contribution in [0.1, 0.15) is 54.9 Å². The molecule has 17 heavy (non-hydrogen) atoms. The summed E-state index contributed by atoms with van der Waals surface area (Å²) in [7, 11) is 0. The van der Waals surface area contributed by atoms with Gasteiger partial charge in [-0.1, -0.05) is 0 Å². The number of Topliss-reactive ketones (excluding diaryl/α,β-unsaturated/α-hetero) is 1. The first-order chi connectivity index (χ1) is 7.41. The smallest absolute Gasteiger partial charge is 0.336 e. The van der Waals surface area contributed by atoms with Crippen molar-refractivity contribution in [3.63, 3.8) is 0 Å². The quantitative estimate of drug-likeness (QED) is 0.713. The number of hydrogen-bond acceptors (Lipinski definition) is 4. The van der Waals surface area contributed by atoms with E-state index in [9.17, 15) is 9.59 Å². The van der Waals surface area contributed by atoms with Gasteiger partial charge in [0.2, 0.25) is 0 Å². The Morgan fingerprint density at radius 3 is 1.76 bits per heavy atom. The molecule has 1 unspecified atom stereocenters. The van der Waals surface area contributed by atoms with Gasteiger partial charge in [0.25, 0.3) is 0 Å². The first kappa shape index (κ1) is 16.1. The van der Waals surface area contributed by atoms with Crippen LogP contribution in [0.25, 0.3) is 0 Å². The van der Waals surface area contributed by atoms with Crippen LogP contribution in [0.2, 0.25) is 0 Å². The van der Waals surface area contributed by atoms with Crippen molar-refractivity contribution in [2.45, 2.75) is 72.2 Å². The van der Waals surface area contributed by atoms with Crippen molar-refractivity contribution in [1.82, 2.24) is 0 Å². The number of hydrogen-bond donors (Lipinski definition) is 0. The van der Waals surface area contributed by atoms with E-state index in [1.54, 1.807) is 20.8 Å². The lowest BCUT2D eigenvalue weighted by Crippen LogP contribution is -2.39. The van der Waals surface area contributed by atoms with Crippen molar-refractivity contribution in [3.05, 3.63) is 0 Å². The van der Waals surface area contributed by atoms with Crippen molar-refractivity contribution < 1.29 is 19.1 Å². The van der Waals surface area contributed by atoms with Gasteiger partial charge in [-0.2, -0.15) is 0 Å². The molecule has 0 spiro atoms. The minimum atomic E-state index is -0.827. The molecule has 4 heteroatoms. The second-order valence-corrected chi connectivity index (χ2v) is 6.16. The molecule has 0 aromatic heterocycles. The third kappa shape index (κ3) is 8.86. The van der Waals surface area contributed by atoms with Crippen LogP contribution in [0.15, 0.2) is 0 Å². The van der Waals surface area contributed by atoms with E-state index < -0.39 is 23.3 Å². The second kappa shape index (κ2) is 5.63. The molecular formula is C13H24O4. The Morgan fingerprint density at radius 1 is 1.00 bits per heavy atom. The number of rotatable bonds is 4. The Hall–Kier alpha value is -0.900. The highest BCUT2D eigenvalue weighted by Crippen LogP contribution is 2.17. The molecule has 0 aromatic rings. The summed E-state index contributed by atoms with van der Waals surface area (Å²) < 4.78 is 10.8. The zero-order valence-electron chi connectivity index (χ0n) is 11.9. The van der Waals surface area contributed by atoms with Crippen LogP contribution in [-0.2, 0) is 19.1 Å². The first-order valence-corrected chi connectivity index (χ1v) is 5.81. The monoisotopic (exact) mass is 244 g/mol. The van der Waals surface area contributed by atoms with Gasteiger partial charge >= 0.3 is 5.97 Å². The van der Waals surface area contributed by atoms with E-state index in [0.717, 1.165) is 0 Å². The normalized spacial score (nSPS) is 14.3. The maximum Gasteiger partial charge on any atom is 0.336 e. The number of esters is 1. The summed E-state index contributed by atoms with van der Waals surface area (Å²) >= 11 is 0. The zero-order chi connectivity index (χ0) is 13.9. The fourth-order valence-corrected chi connectivity index (χ4v) is 1.23. The van der Waals surface area contributed by atoms with Crippen LogP contribution >= 0.6 is 0 Å². The molecule has 0 bridgehead atoms. The molecule has 0 N–H and O–H groups in total. The lowest BCUT2D eigenvalue weighted by Gasteiger charge is -2.28. The van der Waals surface area contributed by atoms with Crippen LogP contribution < -0.4 is 0 Å². The van der Waals surface area contributed by atoms with E-state index in [1.807, 2.05) is 20.8 Å². The van der Waals surface area contributed by atoms with Gasteiger partial charge in [-0.05, 0) is 48.5 Å². The lowest BCUT2D eigenvalue weighted by atomic mass is 10.1. The van der Waals surface area contributed by atoms with Crippen LogP contribution in [0.4, 0.5) is 0 Å². The van der Waals surface area contributed by atoms with Gasteiger partial charge in [0.15, 0.2) is 6.10 Å². The minimum Gasteiger partial charge on any atom is -0.458 e. The third-order valence-corrected chi connectivity index (χ3v) is 1.64. The van der Waals surface area contributed by atoms with E-state index in [2.05, 4.69) is 0 Å². The molecule has 0 radical (unpaired) electrons. The van der Waals surface area contributed by atoms with Crippen molar-refractivity contribution in [2.75, 3.05) is 0 Å². The molecule has 0 heterocycles. The molecule has 1 atom stereocenters. The summed E-state index contributed by atoms with van der Waals surface area (Å²) in [5.74, 6) is -0.576. The van der Waals surface area contributed by atoms with Crippen LogP contribution in [0.5, 0.6) is 0 Å². The highest BCUT2D eigenvalue weighted by Gasteiger charge is 2.30. The second-order valence-electron chi connectivity index (χ2n) is 6.16. The molecule has 0 aliphatic rings. The highest BCUT2D eigenvalue weighted by atomic mass is 16.6. The Bertz CT molecular complexity index is 281. The van der Waals surface area contributed by atoms with E-state index in [4.69, 9.17) is 9.47 Å². The van der Waals surface area contributed by atoms with Gasteiger partial charge in [-0.25, -0.2) is 4.79 Å². The fraction of sp³-hybridized carbons (Fsp3) is 0.846. The van der Waals surface area contributed by atoms with Crippen LogP contribution in [0, 0.1) is 0 Å². The predicted molar refractivity (Wildman–Crippen MR) is 65.8 cm³/mol. The molecule has 0 aliphatic carbocycles. The Labute approximate surface area is 104 Å². The van der Waals surface area contributed by atoms with Crippen LogP contribution in [-0.4, -0.2) is 29.1 Å². The summed E-state index contributed by atoms with van der Waals surface area (Å²) in [6.07, 6.45) is -0.779. The summed E-state index contributed by atoms with van der Waals surface area (Å²) in [5, 5.41) is 0. The summed E-state index contributed by atoms with van der Waals surface area (Å²) in [4.78, 5) is 23.0. The van der Waals surface area contributed by atoms with E-state index in [0.29, 0.717) is 0 Å². The molecule has 0 saturated heterocycles. The zero-order valence-corrected chi connectivity index (χ0v) is 11.9. The summed E-state index contributed by atoms with van der Waals surface area (Å²) in [6.45, 7) is 12.3. The maximum absolute atomic E-state index is 11.9. The summed E-state index contributed by atoms with van der Waals surface area (Å²) in [5.41, 5.74) is -1.07. The van der Waals surface area contributed by atoms with Gasteiger partial charge in [0.1, 0.15) is 11.4 Å². The largest absolute Gasteiger partial charge is 0.458 e. The molecule has 0 amide bonds. The number of carbonyl (C=O) groups excluding carboxylic acids is 2. The first-order valence-electron chi connectivity index (χ1n) is 5.81. The molecular weight excluding hydrogens is 220 g/mol. The average Bonchev–Trinajstić information content (AvgIpc) is 1.95. The van der Waals surface area contributed by atoms with E-state index in [1.165, 1.54) is 6.92 Å². The molecule has 4 nitrogen and oxygen atoms in total. The fourth-order valence-electron chi connectivity index (χ4n) is 1.23. The Morgan fingerprint density at radius 2 is 1.47 bits per heavy atom. The summed E-state index contributed by atoms with van der Waals surface area (Å²) in [6, 6.07) is 0. The maximum atomic E-state index is 11.9. The number of ether oxygens (including phenoxy) is 2. The highest BCUT2D eigenvalue weighted by molar-refractivity contribution is 5.84. The third-order valence-electron chi connectivity index (χ3n) is 1.64. The van der Waals surface area contributed by atoms with Crippen molar-refractivity contribution in [3.8, 4) is 0 Å². The van der Waals surface area contributed by atoms with Gasteiger partial charge in [-0.15, -0.1) is 0 Å². The molecule has 0 aliphatic heterocycles. The van der Waals surface area contributed by atoms with Gasteiger partial charge in [0, 0.05) is 6.42 Å². The van der Waals surface area contributed by atoms with Crippen LogP contribution in [0.3, 0.4) is 0 Å². The lowest BCUT2D eigenvalue weighted by molar-refractivity contribution is -0.178. The Balaban J connectivity index is 4.68. The van der Waals surface area contributed by atoms with E-state index in [-0.39, 0.29) is 12.2 Å². The minimum absolute atomic E-state index is 0.0478. The molecule has 0 saturated carbocycles. The Kier molecular flexibility index (Phi) is 5.33. The SMILES string of the molecule is CC(=O)CC(OC(C)(C)C)C(=O)OC(C)(C)C. The topological polar surface area (TPSA) is 52.6 Å². The molecule has 0 aromatic carbocycles. The van der Waals surface area contributed by atoms with Crippen molar-refractivity contribution in [1.29, 1.82) is 0 Å². The van der Waals surface area contributed by atoms with Crippen molar-refractivity contribution in [2.24, 2.45) is 0 Å². The molecule has 0 rings (SSSR count). The molecule has 0 fully saturated rings. The van der Waals surface area contributed by atoms with Crippen molar-refractivity contribution >= 4 is 11.8 Å². The van der Waals surface area contributed by atoms with E-state index >= 15 is 0 Å². The van der Waals surface area contributed by atoms with Gasteiger partial charge in [-0.3, -0.25) is 4.79 Å². The van der Waals surface area contributed by atoms with Gasteiger partial charge in [0.05, 0.1) is 5.60 Å². The number of carbonyl (C=O) groups is 2. The van der Waals surface area contributed by atoms with Gasteiger partial charge < -0.3 is 9.47 Å². The standard InChI is InChI=1S/C13H24O4/c1-9(14)8-10(16-12(2,3)4)11(15)17-13(5,6)7/h10H,8H2,1-7H3. The average molecular weight is 244 g/mol. The predicted octanol–water partition coefficient (Wildman–Crippen LogP) is 2.49. The molecule has 100 valence electrons.